The second kappa shape index (κ2) is 7.96. The number of nitrogens with zero attached hydrogens (tertiary/aromatic N) is 1. The van der Waals surface area contributed by atoms with Crippen molar-refractivity contribution >= 4 is 6.29 Å². The Morgan fingerprint density at radius 2 is 1.86 bits per heavy atom. The summed E-state index contributed by atoms with van der Waals surface area (Å²) in [6.45, 7) is 10.6. The molecule has 0 aliphatic carbocycles. The molecule has 0 amide bonds. The van der Waals surface area contributed by atoms with Crippen molar-refractivity contribution in [3.8, 4) is 11.5 Å². The third kappa shape index (κ3) is 4.56. The minimum absolute atomic E-state index is 0.113. The first kappa shape index (κ1) is 20.4. The SMILES string of the molecule is COc1ccc(C2CN(Cc3ccccc3)C[C@@]2(C)C=O)cc1OC(C)(C)C. The molecule has 4 heteroatoms. The molecule has 4 nitrogen and oxygen atoms in total. The van der Waals surface area contributed by atoms with Crippen LogP contribution in [0, 0.1) is 5.41 Å². The summed E-state index contributed by atoms with van der Waals surface area (Å²) < 4.78 is 11.6. The van der Waals surface area contributed by atoms with Gasteiger partial charge in [-0.2, -0.15) is 0 Å². The zero-order valence-electron chi connectivity index (χ0n) is 17.6. The number of likely N-dealkylation sites (tertiary alicyclic amines) is 1. The van der Waals surface area contributed by atoms with Crippen molar-refractivity contribution < 1.29 is 14.3 Å². The minimum Gasteiger partial charge on any atom is -0.493 e. The largest absolute Gasteiger partial charge is 0.493 e. The smallest absolute Gasteiger partial charge is 0.162 e. The van der Waals surface area contributed by atoms with Gasteiger partial charge in [-0.3, -0.25) is 4.90 Å². The average Bonchev–Trinajstić information content (AvgIpc) is 2.98. The molecule has 2 aromatic rings. The molecule has 2 atom stereocenters. The van der Waals surface area contributed by atoms with E-state index in [1.807, 2.05) is 39.0 Å². The molecule has 1 fully saturated rings. The Morgan fingerprint density at radius 1 is 1.14 bits per heavy atom. The summed E-state index contributed by atoms with van der Waals surface area (Å²) in [4.78, 5) is 14.4. The van der Waals surface area contributed by atoms with Gasteiger partial charge in [-0.25, -0.2) is 0 Å². The van der Waals surface area contributed by atoms with Crippen LogP contribution in [0.3, 0.4) is 0 Å². The van der Waals surface area contributed by atoms with E-state index < -0.39 is 5.41 Å². The molecule has 1 saturated heterocycles. The second-order valence-corrected chi connectivity index (χ2v) is 8.96. The Morgan fingerprint density at radius 3 is 2.46 bits per heavy atom. The highest BCUT2D eigenvalue weighted by Gasteiger charge is 2.44. The highest BCUT2D eigenvalue weighted by atomic mass is 16.5. The Kier molecular flexibility index (Phi) is 5.80. The van der Waals surface area contributed by atoms with Crippen LogP contribution in [0.25, 0.3) is 0 Å². The van der Waals surface area contributed by atoms with Crippen molar-refractivity contribution in [1.29, 1.82) is 0 Å². The summed E-state index contributed by atoms with van der Waals surface area (Å²) in [6.07, 6.45) is 1.12. The predicted molar refractivity (Wildman–Crippen MR) is 112 cm³/mol. The summed E-state index contributed by atoms with van der Waals surface area (Å²) in [7, 11) is 1.65. The number of hydrogen-bond donors (Lipinski definition) is 0. The number of benzene rings is 2. The molecule has 3 rings (SSSR count). The van der Waals surface area contributed by atoms with Crippen molar-refractivity contribution in [3.05, 3.63) is 59.7 Å². The van der Waals surface area contributed by atoms with Crippen molar-refractivity contribution in [2.75, 3.05) is 20.2 Å². The van der Waals surface area contributed by atoms with Gasteiger partial charge < -0.3 is 14.3 Å². The van der Waals surface area contributed by atoms with Crippen LogP contribution in [-0.2, 0) is 11.3 Å². The van der Waals surface area contributed by atoms with Crippen LogP contribution in [0.4, 0.5) is 0 Å². The summed E-state index contributed by atoms with van der Waals surface area (Å²) in [6, 6.07) is 16.5. The van der Waals surface area contributed by atoms with Crippen LogP contribution >= 0.6 is 0 Å². The minimum atomic E-state index is -0.428. The van der Waals surface area contributed by atoms with Gasteiger partial charge in [-0.05, 0) is 44.0 Å². The first-order valence-corrected chi connectivity index (χ1v) is 9.84. The average molecular weight is 382 g/mol. The fraction of sp³-hybridized carbons (Fsp3) is 0.458. The molecule has 0 radical (unpaired) electrons. The van der Waals surface area contributed by atoms with Gasteiger partial charge in [-0.15, -0.1) is 0 Å². The number of ether oxygens (including phenoxy) is 2. The summed E-state index contributed by atoms with van der Waals surface area (Å²) in [5, 5.41) is 0. The van der Waals surface area contributed by atoms with E-state index in [1.165, 1.54) is 5.56 Å². The van der Waals surface area contributed by atoms with Crippen LogP contribution in [0.5, 0.6) is 11.5 Å². The molecule has 0 aromatic heterocycles. The Hall–Kier alpha value is -2.33. The molecule has 0 spiro atoms. The van der Waals surface area contributed by atoms with Crippen LogP contribution in [0.1, 0.15) is 44.7 Å². The molecule has 2 aromatic carbocycles. The van der Waals surface area contributed by atoms with Gasteiger partial charge in [0.1, 0.15) is 11.9 Å². The molecular formula is C24H31NO3. The first-order chi connectivity index (χ1) is 13.2. The van der Waals surface area contributed by atoms with E-state index in [-0.39, 0.29) is 11.5 Å². The third-order valence-corrected chi connectivity index (χ3v) is 5.33. The van der Waals surface area contributed by atoms with Crippen LogP contribution in [0.2, 0.25) is 0 Å². The van der Waals surface area contributed by atoms with E-state index in [0.29, 0.717) is 5.75 Å². The monoisotopic (exact) mass is 381 g/mol. The van der Waals surface area contributed by atoms with Gasteiger partial charge in [0, 0.05) is 31.0 Å². The van der Waals surface area contributed by atoms with Crippen molar-refractivity contribution in [3.63, 3.8) is 0 Å². The molecule has 0 bridgehead atoms. The number of methoxy groups -OCH3 is 1. The molecule has 0 N–H and O–H groups in total. The molecule has 0 saturated carbocycles. The van der Waals surface area contributed by atoms with E-state index in [2.05, 4.69) is 42.2 Å². The number of aldehydes is 1. The lowest BCUT2D eigenvalue weighted by atomic mass is 9.77. The first-order valence-electron chi connectivity index (χ1n) is 9.84. The second-order valence-electron chi connectivity index (χ2n) is 8.96. The lowest BCUT2D eigenvalue weighted by Gasteiger charge is -2.27. The van der Waals surface area contributed by atoms with Crippen LogP contribution < -0.4 is 9.47 Å². The molecule has 1 aliphatic heterocycles. The van der Waals surface area contributed by atoms with E-state index in [9.17, 15) is 4.79 Å². The molecule has 1 unspecified atom stereocenters. The van der Waals surface area contributed by atoms with Crippen molar-refractivity contribution in [2.24, 2.45) is 5.41 Å². The van der Waals surface area contributed by atoms with E-state index in [4.69, 9.17) is 9.47 Å². The van der Waals surface area contributed by atoms with Gasteiger partial charge in [0.05, 0.1) is 7.11 Å². The topological polar surface area (TPSA) is 38.8 Å². The van der Waals surface area contributed by atoms with E-state index >= 15 is 0 Å². The molecule has 150 valence electrons. The molecule has 28 heavy (non-hydrogen) atoms. The number of hydrogen-bond acceptors (Lipinski definition) is 4. The Bertz CT molecular complexity index is 812. The van der Waals surface area contributed by atoms with E-state index in [1.54, 1.807) is 7.11 Å². The van der Waals surface area contributed by atoms with Crippen LogP contribution in [-0.4, -0.2) is 37.0 Å². The van der Waals surface area contributed by atoms with Gasteiger partial charge in [0.25, 0.3) is 0 Å². The Balaban J connectivity index is 1.88. The third-order valence-electron chi connectivity index (χ3n) is 5.33. The van der Waals surface area contributed by atoms with E-state index in [0.717, 1.165) is 37.2 Å². The van der Waals surface area contributed by atoms with Crippen molar-refractivity contribution in [2.45, 2.75) is 45.8 Å². The zero-order valence-corrected chi connectivity index (χ0v) is 17.6. The van der Waals surface area contributed by atoms with Gasteiger partial charge in [-0.1, -0.05) is 43.3 Å². The maximum atomic E-state index is 12.1. The standard InChI is InChI=1S/C24H31NO3/c1-23(2,3)28-22-13-19(11-12-21(22)27-5)20-15-25(16-24(20,4)17-26)14-18-9-7-6-8-10-18/h6-13,17,20H,14-16H2,1-5H3/t20?,24-/m0/s1. The maximum absolute atomic E-state index is 12.1. The highest BCUT2D eigenvalue weighted by molar-refractivity contribution is 5.63. The quantitative estimate of drug-likeness (QED) is 0.681. The lowest BCUT2D eigenvalue weighted by molar-refractivity contribution is -0.115. The zero-order chi connectivity index (χ0) is 20.4. The van der Waals surface area contributed by atoms with Gasteiger partial charge in [0.2, 0.25) is 0 Å². The fourth-order valence-electron chi connectivity index (χ4n) is 4.01. The Labute approximate surface area is 168 Å². The number of rotatable bonds is 6. The summed E-state index contributed by atoms with van der Waals surface area (Å²) in [5.74, 6) is 1.55. The lowest BCUT2D eigenvalue weighted by Crippen LogP contribution is -2.28. The highest BCUT2D eigenvalue weighted by Crippen LogP contribution is 2.44. The van der Waals surface area contributed by atoms with Gasteiger partial charge in [0.15, 0.2) is 11.5 Å². The molecule has 1 aliphatic rings. The molecule has 1 heterocycles. The molecular weight excluding hydrogens is 350 g/mol. The predicted octanol–water partition coefficient (Wildman–Crippen LogP) is 4.68. The number of carbonyl (C=O) groups is 1. The fourth-order valence-corrected chi connectivity index (χ4v) is 4.01. The number of carbonyl (C=O) groups excluding carboxylic acids is 1. The normalized spacial score (nSPS) is 22.8. The maximum Gasteiger partial charge on any atom is 0.162 e. The van der Waals surface area contributed by atoms with Crippen molar-refractivity contribution in [1.82, 2.24) is 4.90 Å². The summed E-state index contributed by atoms with van der Waals surface area (Å²) in [5.41, 5.74) is 1.63. The van der Waals surface area contributed by atoms with Crippen LogP contribution in [0.15, 0.2) is 48.5 Å². The summed E-state index contributed by atoms with van der Waals surface area (Å²) >= 11 is 0. The van der Waals surface area contributed by atoms with Gasteiger partial charge >= 0.3 is 0 Å².